The number of benzene rings is 1. The van der Waals surface area contributed by atoms with Gasteiger partial charge in [0.1, 0.15) is 0 Å². The molecule has 0 saturated heterocycles. The van der Waals surface area contributed by atoms with Crippen LogP contribution in [-0.4, -0.2) is 19.3 Å². The van der Waals surface area contributed by atoms with E-state index in [2.05, 4.69) is 69.2 Å². The maximum absolute atomic E-state index is 4.66. The summed E-state index contributed by atoms with van der Waals surface area (Å²) in [6, 6.07) is 9.02. The first-order chi connectivity index (χ1) is 11.5. The van der Waals surface area contributed by atoms with Crippen molar-refractivity contribution in [2.24, 2.45) is 16.3 Å². The molecule has 0 aliphatic carbocycles. The van der Waals surface area contributed by atoms with E-state index in [0.29, 0.717) is 5.92 Å². The average Bonchev–Trinajstić information content (AvgIpc) is 2.57. The van der Waals surface area contributed by atoms with Crippen molar-refractivity contribution in [3.63, 3.8) is 0 Å². The monoisotopic (exact) mass is 330 g/mol. The van der Waals surface area contributed by atoms with Crippen LogP contribution in [0.3, 0.4) is 0 Å². The minimum atomic E-state index is 0.287. The molecule has 0 aliphatic heterocycles. The predicted molar refractivity (Wildman–Crippen MR) is 109 cm³/mol. The van der Waals surface area contributed by atoms with Gasteiger partial charge in [-0.1, -0.05) is 52.7 Å². The lowest BCUT2D eigenvalue weighted by atomic mass is 9.66. The van der Waals surface area contributed by atoms with Gasteiger partial charge in [0.15, 0.2) is 0 Å². The van der Waals surface area contributed by atoms with Gasteiger partial charge in [-0.15, -0.1) is 0 Å². The molecule has 1 aromatic carbocycles. The van der Waals surface area contributed by atoms with Crippen LogP contribution in [0.25, 0.3) is 0 Å². The minimum absolute atomic E-state index is 0.287. The van der Waals surface area contributed by atoms with Crippen molar-refractivity contribution in [2.75, 3.05) is 18.9 Å². The Morgan fingerprint density at radius 3 is 2.21 bits per heavy atom. The lowest BCUT2D eigenvalue weighted by Gasteiger charge is -2.39. The smallest absolute Gasteiger partial charge is 0.0340 e. The molecule has 0 bridgehead atoms. The molecule has 2 heteroatoms. The van der Waals surface area contributed by atoms with Gasteiger partial charge in [-0.2, -0.15) is 0 Å². The van der Waals surface area contributed by atoms with Crippen LogP contribution in [0.1, 0.15) is 72.3 Å². The third-order valence-corrected chi connectivity index (χ3v) is 5.23. The van der Waals surface area contributed by atoms with Crippen LogP contribution in [0, 0.1) is 11.3 Å². The fraction of sp³-hybridized carbons (Fsp3) is 0.682. The summed E-state index contributed by atoms with van der Waals surface area (Å²) in [5, 5.41) is 3.38. The Hall–Kier alpha value is -1.31. The Bertz CT molecular complexity index is 489. The number of hydrogen-bond donors (Lipinski definition) is 1. The number of nitrogens with one attached hydrogen (secondary N) is 1. The molecule has 2 unspecified atom stereocenters. The van der Waals surface area contributed by atoms with Crippen LogP contribution in [-0.2, 0) is 6.42 Å². The molecular formula is C22H38N2. The highest BCUT2D eigenvalue weighted by molar-refractivity contribution is 5.87. The predicted octanol–water partition coefficient (Wildman–Crippen LogP) is 6.36. The molecule has 0 saturated carbocycles. The Balaban J connectivity index is 3.07. The van der Waals surface area contributed by atoms with Gasteiger partial charge in [-0.25, -0.2) is 0 Å². The molecule has 1 N–H and O–H groups in total. The molecule has 0 fully saturated rings. The van der Waals surface area contributed by atoms with Gasteiger partial charge >= 0.3 is 0 Å². The topological polar surface area (TPSA) is 24.4 Å². The van der Waals surface area contributed by atoms with E-state index in [0.717, 1.165) is 19.4 Å². The Morgan fingerprint density at radius 1 is 1.08 bits per heavy atom. The average molecular weight is 331 g/mol. The van der Waals surface area contributed by atoms with Crippen molar-refractivity contribution in [1.82, 2.24) is 0 Å². The highest BCUT2D eigenvalue weighted by Crippen LogP contribution is 2.40. The van der Waals surface area contributed by atoms with Crippen molar-refractivity contribution in [3.05, 3.63) is 29.8 Å². The standard InChI is InChI=1S/C22H38N2/c1-7-11-20(21(9-3)23-6)22(5,16-8-2)17-18-12-14-19(15-13-18)24-10-4/h12-15,20,24H,7-11,16-17H2,1-6H3. The first-order valence-corrected chi connectivity index (χ1v) is 9.82. The van der Waals surface area contributed by atoms with Crippen molar-refractivity contribution in [3.8, 4) is 0 Å². The summed E-state index contributed by atoms with van der Waals surface area (Å²) in [6.45, 7) is 12.5. The molecule has 0 aliphatic rings. The second-order valence-corrected chi connectivity index (χ2v) is 7.22. The number of aliphatic imine (C=N–C) groups is 1. The minimum Gasteiger partial charge on any atom is -0.385 e. The van der Waals surface area contributed by atoms with Crippen LogP contribution in [0.15, 0.2) is 29.3 Å². The van der Waals surface area contributed by atoms with Crippen LogP contribution < -0.4 is 5.32 Å². The van der Waals surface area contributed by atoms with Crippen molar-refractivity contribution in [1.29, 1.82) is 0 Å². The maximum Gasteiger partial charge on any atom is 0.0340 e. The van der Waals surface area contributed by atoms with E-state index in [9.17, 15) is 0 Å². The molecule has 0 spiro atoms. The zero-order valence-corrected chi connectivity index (χ0v) is 16.8. The molecule has 2 atom stereocenters. The van der Waals surface area contributed by atoms with Gasteiger partial charge in [0.05, 0.1) is 0 Å². The quantitative estimate of drug-likeness (QED) is 0.469. The van der Waals surface area contributed by atoms with Gasteiger partial charge in [0.2, 0.25) is 0 Å². The Labute approximate surface area is 150 Å². The normalized spacial score (nSPS) is 15.8. The second-order valence-electron chi connectivity index (χ2n) is 7.22. The summed E-state index contributed by atoms with van der Waals surface area (Å²) in [5.41, 5.74) is 4.35. The number of hydrogen-bond acceptors (Lipinski definition) is 2. The summed E-state index contributed by atoms with van der Waals surface area (Å²) in [5.74, 6) is 0.589. The summed E-state index contributed by atoms with van der Waals surface area (Å²) in [7, 11) is 1.97. The molecule has 1 aromatic rings. The SMILES string of the molecule is CCCC(C(CC)=NC)C(C)(CCC)Cc1ccc(NCC)cc1. The third-order valence-electron chi connectivity index (χ3n) is 5.23. The molecule has 2 nitrogen and oxygen atoms in total. The maximum atomic E-state index is 4.66. The molecule has 24 heavy (non-hydrogen) atoms. The van der Waals surface area contributed by atoms with E-state index in [1.54, 1.807) is 0 Å². The van der Waals surface area contributed by atoms with Crippen molar-refractivity contribution in [2.45, 2.75) is 73.1 Å². The van der Waals surface area contributed by atoms with Crippen LogP contribution >= 0.6 is 0 Å². The molecule has 0 heterocycles. The molecule has 136 valence electrons. The number of nitrogens with zero attached hydrogens (tertiary/aromatic N) is 1. The third kappa shape index (κ3) is 5.65. The molecule has 0 aromatic heterocycles. The largest absolute Gasteiger partial charge is 0.385 e. The Kier molecular flexibility index (Phi) is 9.10. The van der Waals surface area contributed by atoms with E-state index < -0.39 is 0 Å². The van der Waals surface area contributed by atoms with Crippen LogP contribution in [0.5, 0.6) is 0 Å². The van der Waals surface area contributed by atoms with Gasteiger partial charge in [0, 0.05) is 30.9 Å². The van der Waals surface area contributed by atoms with Crippen LogP contribution in [0.2, 0.25) is 0 Å². The van der Waals surface area contributed by atoms with E-state index in [-0.39, 0.29) is 5.41 Å². The van der Waals surface area contributed by atoms with Gasteiger partial charge in [-0.3, -0.25) is 4.99 Å². The van der Waals surface area contributed by atoms with Crippen molar-refractivity contribution < 1.29 is 0 Å². The first kappa shape index (κ1) is 20.7. The summed E-state index contributed by atoms with van der Waals surface area (Å²) in [4.78, 5) is 4.66. The van der Waals surface area contributed by atoms with Gasteiger partial charge in [-0.05, 0) is 55.7 Å². The van der Waals surface area contributed by atoms with Gasteiger partial charge in [0.25, 0.3) is 0 Å². The van der Waals surface area contributed by atoms with E-state index >= 15 is 0 Å². The van der Waals surface area contributed by atoms with E-state index in [1.807, 2.05) is 7.05 Å². The number of rotatable bonds is 11. The molecule has 1 rings (SSSR count). The highest BCUT2D eigenvalue weighted by atomic mass is 14.8. The lowest BCUT2D eigenvalue weighted by molar-refractivity contribution is 0.206. The highest BCUT2D eigenvalue weighted by Gasteiger charge is 2.35. The lowest BCUT2D eigenvalue weighted by Crippen LogP contribution is -2.35. The summed E-state index contributed by atoms with van der Waals surface area (Å²) >= 11 is 0. The van der Waals surface area contributed by atoms with Crippen molar-refractivity contribution >= 4 is 11.4 Å². The summed E-state index contributed by atoms with van der Waals surface area (Å²) < 4.78 is 0. The zero-order chi connectivity index (χ0) is 18.0. The number of anilines is 1. The fourth-order valence-electron chi connectivity index (χ4n) is 4.13. The summed E-state index contributed by atoms with van der Waals surface area (Å²) in [6.07, 6.45) is 7.16. The molecule has 0 radical (unpaired) electrons. The van der Waals surface area contributed by atoms with E-state index in [1.165, 1.54) is 42.6 Å². The second kappa shape index (κ2) is 10.5. The molecule has 0 amide bonds. The fourth-order valence-corrected chi connectivity index (χ4v) is 4.13. The zero-order valence-electron chi connectivity index (χ0n) is 16.8. The van der Waals surface area contributed by atoms with E-state index in [4.69, 9.17) is 0 Å². The van der Waals surface area contributed by atoms with Crippen LogP contribution in [0.4, 0.5) is 5.69 Å². The first-order valence-electron chi connectivity index (χ1n) is 9.82. The Morgan fingerprint density at radius 2 is 1.75 bits per heavy atom. The van der Waals surface area contributed by atoms with Gasteiger partial charge < -0.3 is 5.32 Å². The molecular weight excluding hydrogens is 292 g/mol.